The highest BCUT2D eigenvalue weighted by Gasteiger charge is 2.15. The van der Waals surface area contributed by atoms with Gasteiger partial charge >= 0.3 is 0 Å². The average Bonchev–Trinajstić information content (AvgIpc) is 2.31. The van der Waals surface area contributed by atoms with Crippen molar-refractivity contribution in [1.82, 2.24) is 9.78 Å². The topological polar surface area (TPSA) is 46.9 Å². The summed E-state index contributed by atoms with van der Waals surface area (Å²) in [5.74, 6) is 0.0988. The van der Waals surface area contributed by atoms with E-state index >= 15 is 0 Å². The van der Waals surface area contributed by atoms with Crippen LogP contribution < -0.4 is 5.32 Å². The van der Waals surface area contributed by atoms with Gasteiger partial charge in [-0.1, -0.05) is 0 Å². The maximum absolute atomic E-state index is 11.1. The number of carbonyl (C=O) groups excluding carboxylic acids is 1. The van der Waals surface area contributed by atoms with E-state index in [0.29, 0.717) is 6.42 Å². The van der Waals surface area contributed by atoms with E-state index in [1.165, 1.54) is 0 Å². The molecule has 1 aromatic rings. The Morgan fingerprint density at radius 1 is 1.58 bits per heavy atom. The predicted molar refractivity (Wildman–Crippen MR) is 44.8 cm³/mol. The van der Waals surface area contributed by atoms with Crippen LogP contribution in [0, 0.1) is 0 Å². The highest BCUT2D eigenvalue weighted by atomic mass is 16.1. The highest BCUT2D eigenvalue weighted by molar-refractivity contribution is 5.91. The number of amides is 1. The van der Waals surface area contributed by atoms with Crippen molar-refractivity contribution in [3.05, 3.63) is 11.9 Å². The van der Waals surface area contributed by atoms with Crippen LogP contribution in [0.25, 0.3) is 0 Å². The van der Waals surface area contributed by atoms with Crippen LogP contribution in [-0.4, -0.2) is 15.7 Å². The van der Waals surface area contributed by atoms with Crippen LogP contribution in [0.15, 0.2) is 6.20 Å². The third-order valence-corrected chi connectivity index (χ3v) is 2.15. The van der Waals surface area contributed by atoms with Gasteiger partial charge in [-0.3, -0.25) is 9.48 Å². The molecule has 0 aromatic carbocycles. The molecule has 1 aliphatic heterocycles. The standard InChI is InChI=1S/C8H11N3O/c1-11-7-3-2-4-8(12)10-6(7)5-9-11/h5H,2-4H2,1H3,(H,10,12). The zero-order valence-electron chi connectivity index (χ0n) is 7.00. The number of nitrogens with zero attached hydrogens (tertiary/aromatic N) is 2. The summed E-state index contributed by atoms with van der Waals surface area (Å²) < 4.78 is 1.82. The lowest BCUT2D eigenvalue weighted by Gasteiger charge is -1.99. The first-order valence-corrected chi connectivity index (χ1v) is 4.08. The van der Waals surface area contributed by atoms with Gasteiger partial charge in [-0.15, -0.1) is 0 Å². The summed E-state index contributed by atoms with van der Waals surface area (Å²) in [6.45, 7) is 0. The number of hydrogen-bond donors (Lipinski definition) is 1. The van der Waals surface area contributed by atoms with Crippen molar-refractivity contribution in [2.75, 3.05) is 5.32 Å². The van der Waals surface area contributed by atoms with E-state index in [-0.39, 0.29) is 5.91 Å². The molecule has 4 heteroatoms. The Morgan fingerprint density at radius 2 is 2.42 bits per heavy atom. The van der Waals surface area contributed by atoms with Gasteiger partial charge in [-0.2, -0.15) is 5.10 Å². The molecule has 12 heavy (non-hydrogen) atoms. The van der Waals surface area contributed by atoms with Gasteiger partial charge in [-0.25, -0.2) is 0 Å². The number of aromatic nitrogens is 2. The van der Waals surface area contributed by atoms with E-state index in [0.717, 1.165) is 24.2 Å². The minimum Gasteiger partial charge on any atom is -0.323 e. The third-order valence-electron chi connectivity index (χ3n) is 2.15. The van der Waals surface area contributed by atoms with Crippen molar-refractivity contribution in [2.45, 2.75) is 19.3 Å². The van der Waals surface area contributed by atoms with Crippen LogP contribution in [0.3, 0.4) is 0 Å². The summed E-state index contributed by atoms with van der Waals surface area (Å²) in [4.78, 5) is 11.1. The zero-order chi connectivity index (χ0) is 8.55. The molecule has 2 rings (SSSR count). The van der Waals surface area contributed by atoms with Gasteiger partial charge < -0.3 is 5.32 Å². The van der Waals surface area contributed by atoms with Gasteiger partial charge in [0.05, 0.1) is 17.6 Å². The Kier molecular flexibility index (Phi) is 1.60. The third kappa shape index (κ3) is 1.09. The SMILES string of the molecule is Cn1ncc2c1CCCC(=O)N2. The van der Waals surface area contributed by atoms with Crippen LogP contribution in [0.5, 0.6) is 0 Å². The molecule has 0 bridgehead atoms. The summed E-state index contributed by atoms with van der Waals surface area (Å²) in [7, 11) is 1.90. The van der Waals surface area contributed by atoms with Gasteiger partial charge in [0.15, 0.2) is 0 Å². The second-order valence-electron chi connectivity index (χ2n) is 3.03. The molecule has 0 unspecified atom stereocenters. The summed E-state index contributed by atoms with van der Waals surface area (Å²) in [6, 6.07) is 0. The van der Waals surface area contributed by atoms with E-state index in [1.54, 1.807) is 6.20 Å². The molecule has 0 saturated carbocycles. The lowest BCUT2D eigenvalue weighted by atomic mass is 10.2. The highest BCUT2D eigenvalue weighted by Crippen LogP contribution is 2.20. The Morgan fingerprint density at radius 3 is 3.25 bits per heavy atom. The van der Waals surface area contributed by atoms with Crippen molar-refractivity contribution in [1.29, 1.82) is 0 Å². The molecule has 0 fully saturated rings. The molecule has 2 heterocycles. The predicted octanol–water partition coefficient (Wildman–Crippen LogP) is 0.695. The fourth-order valence-electron chi connectivity index (χ4n) is 1.49. The minimum atomic E-state index is 0.0988. The smallest absolute Gasteiger partial charge is 0.224 e. The number of rotatable bonds is 0. The normalized spacial score (nSPS) is 16.6. The van der Waals surface area contributed by atoms with Gasteiger partial charge in [0.25, 0.3) is 0 Å². The summed E-state index contributed by atoms with van der Waals surface area (Å²) in [5.41, 5.74) is 2.00. The molecule has 0 saturated heterocycles. The van der Waals surface area contributed by atoms with Crippen LogP contribution in [0.2, 0.25) is 0 Å². The molecule has 0 atom stereocenters. The summed E-state index contributed by atoms with van der Waals surface area (Å²) in [5, 5.41) is 6.90. The molecule has 0 radical (unpaired) electrons. The summed E-state index contributed by atoms with van der Waals surface area (Å²) >= 11 is 0. The zero-order valence-corrected chi connectivity index (χ0v) is 7.00. The van der Waals surface area contributed by atoms with Crippen molar-refractivity contribution in [3.63, 3.8) is 0 Å². The molecule has 1 N–H and O–H groups in total. The number of anilines is 1. The fraction of sp³-hybridized carbons (Fsp3) is 0.500. The lowest BCUT2D eigenvalue weighted by molar-refractivity contribution is -0.116. The molecule has 64 valence electrons. The van der Waals surface area contributed by atoms with Crippen LogP contribution in [0.4, 0.5) is 5.69 Å². The molecule has 0 aliphatic carbocycles. The molecule has 1 aliphatic rings. The first-order valence-electron chi connectivity index (χ1n) is 4.08. The first-order chi connectivity index (χ1) is 5.77. The van der Waals surface area contributed by atoms with E-state index in [2.05, 4.69) is 10.4 Å². The minimum absolute atomic E-state index is 0.0988. The largest absolute Gasteiger partial charge is 0.323 e. The first kappa shape index (κ1) is 7.34. The maximum Gasteiger partial charge on any atom is 0.224 e. The molecule has 4 nitrogen and oxygen atoms in total. The van der Waals surface area contributed by atoms with Crippen LogP contribution in [-0.2, 0) is 18.3 Å². The molecule has 1 amide bonds. The molecular weight excluding hydrogens is 154 g/mol. The van der Waals surface area contributed by atoms with E-state index in [9.17, 15) is 4.79 Å². The van der Waals surface area contributed by atoms with Crippen molar-refractivity contribution >= 4 is 11.6 Å². The lowest BCUT2D eigenvalue weighted by Crippen LogP contribution is -2.08. The van der Waals surface area contributed by atoms with Gasteiger partial charge in [-0.05, 0) is 12.8 Å². The second-order valence-corrected chi connectivity index (χ2v) is 3.03. The number of fused-ring (bicyclic) bond motifs is 1. The fourth-order valence-corrected chi connectivity index (χ4v) is 1.49. The Labute approximate surface area is 70.6 Å². The molecular formula is C8H11N3O. The van der Waals surface area contributed by atoms with Crippen molar-refractivity contribution in [2.24, 2.45) is 7.05 Å². The monoisotopic (exact) mass is 165 g/mol. The summed E-state index contributed by atoms with van der Waals surface area (Å²) in [6.07, 6.45) is 4.18. The average molecular weight is 165 g/mol. The van der Waals surface area contributed by atoms with Crippen LogP contribution in [0.1, 0.15) is 18.5 Å². The molecule has 1 aromatic heterocycles. The molecule has 0 spiro atoms. The van der Waals surface area contributed by atoms with Crippen molar-refractivity contribution < 1.29 is 4.79 Å². The Bertz CT molecular complexity index is 316. The van der Waals surface area contributed by atoms with E-state index < -0.39 is 0 Å². The van der Waals surface area contributed by atoms with Gasteiger partial charge in [0, 0.05) is 13.5 Å². The number of nitrogens with one attached hydrogen (secondary N) is 1. The number of hydrogen-bond acceptors (Lipinski definition) is 2. The quantitative estimate of drug-likeness (QED) is 0.615. The van der Waals surface area contributed by atoms with Crippen molar-refractivity contribution in [3.8, 4) is 0 Å². The number of aryl methyl sites for hydroxylation is 1. The van der Waals surface area contributed by atoms with Crippen LogP contribution >= 0.6 is 0 Å². The van der Waals surface area contributed by atoms with Gasteiger partial charge in [0.2, 0.25) is 5.91 Å². The number of carbonyl (C=O) groups is 1. The maximum atomic E-state index is 11.1. The second kappa shape index (κ2) is 2.62. The van der Waals surface area contributed by atoms with E-state index in [4.69, 9.17) is 0 Å². The Hall–Kier alpha value is -1.32. The van der Waals surface area contributed by atoms with E-state index in [1.807, 2.05) is 11.7 Å². The van der Waals surface area contributed by atoms with Gasteiger partial charge in [0.1, 0.15) is 0 Å². The Balaban J connectivity index is 2.39.